The van der Waals surface area contributed by atoms with Crippen LogP contribution < -0.4 is 20.3 Å². The average molecular weight is 334 g/mol. The number of fused-ring (bicyclic) bond motifs is 1. The lowest BCUT2D eigenvalue weighted by Gasteiger charge is -2.35. The van der Waals surface area contributed by atoms with E-state index in [9.17, 15) is 0 Å². The first kappa shape index (κ1) is 17.4. The molecule has 0 aromatic carbocycles. The van der Waals surface area contributed by atoms with Crippen LogP contribution in [0.15, 0.2) is 0 Å². The molecule has 7 heteroatoms. The number of nitrogens with one attached hydrogen (secondary N) is 2. The van der Waals surface area contributed by atoms with Gasteiger partial charge in [0.15, 0.2) is 0 Å². The molecule has 3 aliphatic rings. The SMILES string of the molecule is CN1CCCC1.COc1nc2c(c(N3CCNCC3C)n1)CNC2. The molecule has 2 fully saturated rings. The van der Waals surface area contributed by atoms with Crippen LogP contribution in [-0.2, 0) is 13.1 Å². The molecule has 2 N–H and O–H groups in total. The first-order valence-electron chi connectivity index (χ1n) is 8.99. The molecule has 0 amide bonds. The quantitative estimate of drug-likeness (QED) is 0.821. The van der Waals surface area contributed by atoms with Crippen molar-refractivity contribution in [2.45, 2.75) is 38.9 Å². The summed E-state index contributed by atoms with van der Waals surface area (Å²) in [6, 6.07) is 0.918. The maximum Gasteiger partial charge on any atom is 0.318 e. The molecule has 24 heavy (non-hydrogen) atoms. The molecule has 2 saturated heterocycles. The van der Waals surface area contributed by atoms with Crippen molar-refractivity contribution in [3.63, 3.8) is 0 Å². The highest BCUT2D eigenvalue weighted by Gasteiger charge is 2.27. The number of piperazine rings is 1. The smallest absolute Gasteiger partial charge is 0.318 e. The van der Waals surface area contributed by atoms with Crippen molar-refractivity contribution in [2.24, 2.45) is 0 Å². The standard InChI is InChI=1S/C12H19N5O.C5H11N/c1-8-5-13-3-4-17(8)11-9-6-14-7-10(9)15-12(16-11)18-2;1-6-4-2-3-5-6/h8,13-14H,3-7H2,1-2H3;2-5H2,1H3. The zero-order chi connectivity index (χ0) is 16.9. The second kappa shape index (κ2) is 8.09. The second-order valence-electron chi connectivity index (χ2n) is 6.82. The Bertz CT molecular complexity index is 546. The Kier molecular flexibility index (Phi) is 5.86. The molecule has 0 aliphatic carbocycles. The van der Waals surface area contributed by atoms with E-state index in [0.717, 1.165) is 44.2 Å². The Morgan fingerprint density at radius 3 is 2.50 bits per heavy atom. The summed E-state index contributed by atoms with van der Waals surface area (Å²) in [7, 11) is 3.79. The van der Waals surface area contributed by atoms with Gasteiger partial charge in [0.2, 0.25) is 0 Å². The largest absolute Gasteiger partial charge is 0.467 e. The summed E-state index contributed by atoms with van der Waals surface area (Å²) in [5, 5.41) is 6.73. The molecule has 134 valence electrons. The third-order valence-electron chi connectivity index (χ3n) is 4.93. The van der Waals surface area contributed by atoms with Gasteiger partial charge in [0.1, 0.15) is 5.82 Å². The molecule has 0 bridgehead atoms. The van der Waals surface area contributed by atoms with Gasteiger partial charge < -0.3 is 25.2 Å². The van der Waals surface area contributed by atoms with Crippen LogP contribution in [0.4, 0.5) is 5.82 Å². The number of ether oxygens (including phenoxy) is 1. The fourth-order valence-corrected chi connectivity index (χ4v) is 3.49. The number of likely N-dealkylation sites (tertiary alicyclic amines) is 1. The molecule has 3 aliphatic heterocycles. The number of anilines is 1. The molecule has 4 rings (SSSR count). The van der Waals surface area contributed by atoms with E-state index in [1.54, 1.807) is 7.11 Å². The van der Waals surface area contributed by atoms with Crippen molar-refractivity contribution in [1.29, 1.82) is 0 Å². The summed E-state index contributed by atoms with van der Waals surface area (Å²) in [6.07, 6.45) is 2.83. The molecule has 0 saturated carbocycles. The van der Waals surface area contributed by atoms with Gasteiger partial charge in [0, 0.05) is 44.3 Å². The Morgan fingerprint density at radius 1 is 1.08 bits per heavy atom. The van der Waals surface area contributed by atoms with Crippen molar-refractivity contribution < 1.29 is 4.74 Å². The fraction of sp³-hybridized carbons (Fsp3) is 0.765. The van der Waals surface area contributed by atoms with E-state index >= 15 is 0 Å². The zero-order valence-corrected chi connectivity index (χ0v) is 15.1. The van der Waals surface area contributed by atoms with E-state index in [4.69, 9.17) is 4.74 Å². The maximum atomic E-state index is 5.21. The summed E-state index contributed by atoms with van der Waals surface area (Å²) < 4.78 is 5.21. The number of methoxy groups -OCH3 is 1. The lowest BCUT2D eigenvalue weighted by atomic mass is 10.1. The van der Waals surface area contributed by atoms with E-state index in [2.05, 4.69) is 44.4 Å². The third kappa shape index (κ3) is 3.96. The van der Waals surface area contributed by atoms with Crippen molar-refractivity contribution in [2.75, 3.05) is 51.8 Å². The minimum atomic E-state index is 0.447. The van der Waals surface area contributed by atoms with Gasteiger partial charge in [-0.3, -0.25) is 0 Å². The molecule has 1 aromatic heterocycles. The van der Waals surface area contributed by atoms with Crippen molar-refractivity contribution in [3.8, 4) is 6.01 Å². The first-order chi connectivity index (χ1) is 11.7. The van der Waals surface area contributed by atoms with Gasteiger partial charge in [-0.05, 0) is 39.9 Å². The predicted molar refractivity (Wildman–Crippen MR) is 95.5 cm³/mol. The van der Waals surface area contributed by atoms with E-state index in [-0.39, 0.29) is 0 Å². The van der Waals surface area contributed by atoms with E-state index in [1.165, 1.54) is 31.5 Å². The van der Waals surface area contributed by atoms with Crippen molar-refractivity contribution in [3.05, 3.63) is 11.3 Å². The number of hydrogen-bond donors (Lipinski definition) is 2. The number of rotatable bonds is 2. The molecule has 0 radical (unpaired) electrons. The van der Waals surface area contributed by atoms with E-state index in [1.807, 2.05) is 0 Å². The van der Waals surface area contributed by atoms with Gasteiger partial charge in [-0.15, -0.1) is 0 Å². The Balaban J connectivity index is 0.000000238. The zero-order valence-electron chi connectivity index (χ0n) is 15.1. The van der Waals surface area contributed by atoms with Gasteiger partial charge in [0.05, 0.1) is 12.8 Å². The topological polar surface area (TPSA) is 65.5 Å². The molecule has 4 heterocycles. The Labute approximate surface area is 144 Å². The van der Waals surface area contributed by atoms with Crippen LogP contribution in [0.3, 0.4) is 0 Å². The molecule has 1 atom stereocenters. The minimum Gasteiger partial charge on any atom is -0.467 e. The molecule has 7 nitrogen and oxygen atoms in total. The van der Waals surface area contributed by atoms with Crippen LogP contribution in [0, 0.1) is 0 Å². The number of aromatic nitrogens is 2. The van der Waals surface area contributed by atoms with Crippen LogP contribution in [0.25, 0.3) is 0 Å². The molecule has 1 aromatic rings. The van der Waals surface area contributed by atoms with Crippen LogP contribution in [0.2, 0.25) is 0 Å². The summed E-state index contributed by atoms with van der Waals surface area (Å²) >= 11 is 0. The van der Waals surface area contributed by atoms with Crippen molar-refractivity contribution in [1.82, 2.24) is 25.5 Å². The van der Waals surface area contributed by atoms with Gasteiger partial charge in [-0.1, -0.05) is 0 Å². The third-order valence-corrected chi connectivity index (χ3v) is 4.93. The van der Waals surface area contributed by atoms with Gasteiger partial charge >= 0.3 is 6.01 Å². The van der Waals surface area contributed by atoms with Gasteiger partial charge in [0.25, 0.3) is 0 Å². The predicted octanol–water partition coefficient (Wildman–Crippen LogP) is 0.599. The summed E-state index contributed by atoms with van der Waals surface area (Å²) in [5.74, 6) is 1.04. The number of nitrogens with zero attached hydrogens (tertiary/aromatic N) is 4. The highest BCUT2D eigenvalue weighted by Crippen LogP contribution is 2.28. The monoisotopic (exact) mass is 334 g/mol. The Hall–Kier alpha value is -1.44. The molecular weight excluding hydrogens is 304 g/mol. The second-order valence-corrected chi connectivity index (χ2v) is 6.82. The highest BCUT2D eigenvalue weighted by molar-refractivity contribution is 5.52. The van der Waals surface area contributed by atoms with E-state index < -0.39 is 0 Å². The van der Waals surface area contributed by atoms with Crippen LogP contribution in [0.1, 0.15) is 31.0 Å². The summed E-state index contributed by atoms with van der Waals surface area (Å²) in [5.41, 5.74) is 2.30. The highest BCUT2D eigenvalue weighted by atomic mass is 16.5. The molecule has 0 spiro atoms. The average Bonchev–Trinajstić information content (AvgIpc) is 3.26. The maximum absolute atomic E-state index is 5.21. The first-order valence-corrected chi connectivity index (χ1v) is 8.99. The lowest BCUT2D eigenvalue weighted by molar-refractivity contribution is 0.376. The van der Waals surface area contributed by atoms with Crippen LogP contribution >= 0.6 is 0 Å². The summed E-state index contributed by atoms with van der Waals surface area (Å²) in [4.78, 5) is 13.7. The lowest BCUT2D eigenvalue weighted by Crippen LogP contribution is -2.50. The van der Waals surface area contributed by atoms with Crippen molar-refractivity contribution >= 4 is 5.82 Å². The molecule has 1 unspecified atom stereocenters. The summed E-state index contributed by atoms with van der Waals surface area (Å²) in [6.45, 7) is 9.49. The van der Waals surface area contributed by atoms with E-state index in [0.29, 0.717) is 12.1 Å². The number of hydrogen-bond acceptors (Lipinski definition) is 7. The fourth-order valence-electron chi connectivity index (χ4n) is 3.49. The van der Waals surface area contributed by atoms with Gasteiger partial charge in [-0.25, -0.2) is 0 Å². The van der Waals surface area contributed by atoms with Gasteiger partial charge in [-0.2, -0.15) is 9.97 Å². The molecular formula is C17H30N6O. The minimum absolute atomic E-state index is 0.447. The van der Waals surface area contributed by atoms with Crippen LogP contribution in [0.5, 0.6) is 6.01 Å². The normalized spacial score (nSPS) is 23.6. The van der Waals surface area contributed by atoms with Crippen LogP contribution in [-0.4, -0.2) is 67.8 Å². The Morgan fingerprint density at radius 2 is 1.88 bits per heavy atom.